The minimum atomic E-state index is -5.08. The van der Waals surface area contributed by atoms with Crippen LogP contribution in [-0.2, 0) is 23.9 Å². The Morgan fingerprint density at radius 1 is 1.00 bits per heavy atom. The molecule has 1 N–H and O–H groups in total. The van der Waals surface area contributed by atoms with Crippen molar-refractivity contribution >= 4 is 17.9 Å². The Morgan fingerprint density at radius 3 is 1.44 bits per heavy atom. The number of carboxylic acid groups (broad SMARTS) is 1. The summed E-state index contributed by atoms with van der Waals surface area (Å²) in [6, 6.07) is 0. The molecule has 6 nitrogen and oxygen atoms in total. The lowest BCUT2D eigenvalue weighted by Crippen LogP contribution is -2.21. The van der Waals surface area contributed by atoms with Crippen LogP contribution in [0.4, 0.5) is 13.2 Å². The number of halogens is 3. The fraction of sp³-hybridized carbons (Fsp3) is 0.667. The van der Waals surface area contributed by atoms with Gasteiger partial charge in [-0.25, -0.2) is 4.79 Å². The van der Waals surface area contributed by atoms with Crippen LogP contribution in [0.1, 0.15) is 20.3 Å². The highest BCUT2D eigenvalue weighted by Gasteiger charge is 2.38. The maximum atomic E-state index is 10.6. The van der Waals surface area contributed by atoms with Gasteiger partial charge in [0.2, 0.25) is 0 Å². The van der Waals surface area contributed by atoms with Crippen molar-refractivity contribution < 1.29 is 42.1 Å². The summed E-state index contributed by atoms with van der Waals surface area (Å²) in [5.74, 6) is -3.83. The molecule has 0 rings (SSSR count). The van der Waals surface area contributed by atoms with Crippen molar-refractivity contribution in [1.29, 1.82) is 0 Å². The average molecular weight is 274 g/mol. The third-order valence-corrected chi connectivity index (χ3v) is 1.14. The molecule has 0 aromatic carbocycles. The van der Waals surface area contributed by atoms with Gasteiger partial charge in [-0.1, -0.05) is 0 Å². The summed E-state index contributed by atoms with van der Waals surface area (Å²) in [6.07, 6.45) is -5.37. The second-order valence-corrected chi connectivity index (χ2v) is 2.59. The topological polar surface area (TPSA) is 89.9 Å². The van der Waals surface area contributed by atoms with Crippen LogP contribution >= 0.6 is 0 Å². The molecule has 0 saturated heterocycles. The molecule has 0 aromatic rings. The zero-order valence-corrected chi connectivity index (χ0v) is 9.74. The van der Waals surface area contributed by atoms with Crippen molar-refractivity contribution in [2.45, 2.75) is 26.4 Å². The molecule has 0 aromatic heterocycles. The highest BCUT2D eigenvalue weighted by molar-refractivity contribution is 5.91. The summed E-state index contributed by atoms with van der Waals surface area (Å²) in [5, 5.41) is 7.12. The number of rotatable bonds is 4. The van der Waals surface area contributed by atoms with Crippen molar-refractivity contribution in [3.63, 3.8) is 0 Å². The molecule has 0 saturated carbocycles. The van der Waals surface area contributed by atoms with Gasteiger partial charge in [-0.3, -0.25) is 9.59 Å². The first kappa shape index (κ1) is 18.6. The number of ether oxygens (including phenoxy) is 2. The summed E-state index contributed by atoms with van der Waals surface area (Å²) < 4.78 is 40.8. The monoisotopic (exact) mass is 274 g/mol. The first-order chi connectivity index (χ1) is 8.15. The number of hydrogen-bond acceptors (Lipinski definition) is 5. The summed E-state index contributed by atoms with van der Waals surface area (Å²) in [4.78, 5) is 30.1. The van der Waals surface area contributed by atoms with Crippen LogP contribution < -0.4 is 0 Å². The largest absolute Gasteiger partial charge is 0.490 e. The molecule has 0 aliphatic rings. The normalized spacial score (nSPS) is 9.83. The molecule has 0 aliphatic carbocycles. The number of alkyl halides is 3. The van der Waals surface area contributed by atoms with Gasteiger partial charge < -0.3 is 14.6 Å². The quantitative estimate of drug-likeness (QED) is 0.610. The van der Waals surface area contributed by atoms with E-state index in [4.69, 9.17) is 9.90 Å². The predicted molar refractivity (Wildman–Crippen MR) is 51.6 cm³/mol. The van der Waals surface area contributed by atoms with Gasteiger partial charge in [0.25, 0.3) is 0 Å². The zero-order valence-electron chi connectivity index (χ0n) is 9.74. The second kappa shape index (κ2) is 9.25. The molecule has 0 unspecified atom stereocenters. The number of carboxylic acids is 1. The summed E-state index contributed by atoms with van der Waals surface area (Å²) in [6.45, 7) is 3.95. The van der Waals surface area contributed by atoms with Crippen LogP contribution in [0.5, 0.6) is 0 Å². The first-order valence-corrected chi connectivity index (χ1v) is 4.76. The molecule has 0 fully saturated rings. The Kier molecular flexibility index (Phi) is 9.54. The molecule has 0 bridgehead atoms. The van der Waals surface area contributed by atoms with Crippen LogP contribution in [0.3, 0.4) is 0 Å². The van der Waals surface area contributed by atoms with Crippen LogP contribution in [0.2, 0.25) is 0 Å². The molecule has 0 atom stereocenters. The molecule has 0 heterocycles. The van der Waals surface area contributed by atoms with Gasteiger partial charge in [0, 0.05) is 0 Å². The van der Waals surface area contributed by atoms with E-state index in [0.717, 1.165) is 0 Å². The summed E-state index contributed by atoms with van der Waals surface area (Å²) in [5.41, 5.74) is 0. The third-order valence-electron chi connectivity index (χ3n) is 1.14. The lowest BCUT2D eigenvalue weighted by molar-refractivity contribution is -0.192. The molecule has 0 amide bonds. The minimum Gasteiger partial charge on any atom is -0.475 e. The van der Waals surface area contributed by atoms with Crippen molar-refractivity contribution in [2.24, 2.45) is 0 Å². The van der Waals surface area contributed by atoms with Crippen molar-refractivity contribution in [3.8, 4) is 0 Å². The molecule has 0 aliphatic heterocycles. The summed E-state index contributed by atoms with van der Waals surface area (Å²) >= 11 is 0. The van der Waals surface area contributed by atoms with Crippen LogP contribution in [0.15, 0.2) is 0 Å². The predicted octanol–water partition coefficient (Wildman–Crippen LogP) is 1.14. The average Bonchev–Trinajstić information content (AvgIpc) is 2.17. The standard InChI is InChI=1S/C7H12O4.C2HF3O2/c1-3-10-6(8)5-7(9)11-4-2;3-2(4,5)1(6)7/h3-5H2,1-2H3;(H,6,7). The maximum Gasteiger partial charge on any atom is 0.490 e. The number of esters is 2. The molecule has 18 heavy (non-hydrogen) atoms. The van der Waals surface area contributed by atoms with E-state index in [0.29, 0.717) is 0 Å². The lowest BCUT2D eigenvalue weighted by Gasteiger charge is -2.00. The highest BCUT2D eigenvalue weighted by atomic mass is 19.4. The van der Waals surface area contributed by atoms with Crippen molar-refractivity contribution in [3.05, 3.63) is 0 Å². The Bertz CT molecular complexity index is 271. The van der Waals surface area contributed by atoms with E-state index in [1.807, 2.05) is 0 Å². The fourth-order valence-electron chi connectivity index (χ4n) is 0.542. The van der Waals surface area contributed by atoms with Gasteiger partial charge in [0.05, 0.1) is 13.2 Å². The zero-order chi connectivity index (χ0) is 14.8. The Balaban J connectivity index is 0. The molecule has 0 spiro atoms. The maximum absolute atomic E-state index is 10.6. The van der Waals surface area contributed by atoms with Gasteiger partial charge >= 0.3 is 24.1 Å². The number of carbonyl (C=O) groups is 3. The lowest BCUT2D eigenvalue weighted by atomic mass is 10.4. The SMILES string of the molecule is CCOC(=O)CC(=O)OCC.O=C(O)C(F)(F)F. The summed E-state index contributed by atoms with van der Waals surface area (Å²) in [7, 11) is 0. The van der Waals surface area contributed by atoms with E-state index in [1.165, 1.54) is 0 Å². The molecule has 106 valence electrons. The first-order valence-electron chi connectivity index (χ1n) is 4.76. The van der Waals surface area contributed by atoms with E-state index >= 15 is 0 Å². The van der Waals surface area contributed by atoms with Crippen LogP contribution in [0.25, 0.3) is 0 Å². The Hall–Kier alpha value is -1.80. The molecule has 0 radical (unpaired) electrons. The van der Waals surface area contributed by atoms with Gasteiger partial charge in [-0.05, 0) is 13.8 Å². The highest BCUT2D eigenvalue weighted by Crippen LogP contribution is 2.13. The number of carbonyl (C=O) groups excluding carboxylic acids is 2. The number of aliphatic carboxylic acids is 1. The smallest absolute Gasteiger partial charge is 0.475 e. The second-order valence-electron chi connectivity index (χ2n) is 2.59. The van der Waals surface area contributed by atoms with E-state index in [2.05, 4.69) is 9.47 Å². The Morgan fingerprint density at radius 2 is 1.28 bits per heavy atom. The van der Waals surface area contributed by atoms with Crippen LogP contribution in [0, 0.1) is 0 Å². The van der Waals surface area contributed by atoms with E-state index < -0.39 is 24.1 Å². The van der Waals surface area contributed by atoms with Crippen molar-refractivity contribution in [2.75, 3.05) is 13.2 Å². The van der Waals surface area contributed by atoms with Crippen LogP contribution in [-0.4, -0.2) is 42.4 Å². The fourth-order valence-corrected chi connectivity index (χ4v) is 0.542. The Labute approximate surface area is 101 Å². The van der Waals surface area contributed by atoms with E-state index in [9.17, 15) is 22.8 Å². The number of hydrogen-bond donors (Lipinski definition) is 1. The van der Waals surface area contributed by atoms with Gasteiger partial charge in [-0.2, -0.15) is 13.2 Å². The van der Waals surface area contributed by atoms with Gasteiger partial charge in [0.1, 0.15) is 6.42 Å². The molecular formula is C9H13F3O6. The van der Waals surface area contributed by atoms with Gasteiger partial charge in [-0.15, -0.1) is 0 Å². The van der Waals surface area contributed by atoms with E-state index in [-0.39, 0.29) is 19.6 Å². The van der Waals surface area contributed by atoms with E-state index in [1.54, 1.807) is 13.8 Å². The minimum absolute atomic E-state index is 0.290. The van der Waals surface area contributed by atoms with Crippen molar-refractivity contribution in [1.82, 2.24) is 0 Å². The molecule has 9 heteroatoms. The molecular weight excluding hydrogens is 261 g/mol. The van der Waals surface area contributed by atoms with Gasteiger partial charge in [0.15, 0.2) is 0 Å². The third kappa shape index (κ3) is 12.3.